The van der Waals surface area contributed by atoms with Gasteiger partial charge in [0.15, 0.2) is 6.61 Å². The van der Waals surface area contributed by atoms with E-state index in [0.29, 0.717) is 16.0 Å². The van der Waals surface area contributed by atoms with E-state index in [1.54, 1.807) is 30.5 Å². The second-order valence-electron chi connectivity index (χ2n) is 4.37. The number of halogens is 2. The number of amides is 1. The molecule has 0 aliphatic heterocycles. The average molecular weight is 384 g/mol. The summed E-state index contributed by atoms with van der Waals surface area (Å²) in [7, 11) is 0. The summed E-state index contributed by atoms with van der Waals surface area (Å²) in [6.07, 6.45) is 2.92. The number of ether oxygens (including phenoxy) is 1. The first-order chi connectivity index (χ1) is 10.5. The summed E-state index contributed by atoms with van der Waals surface area (Å²) in [4.78, 5) is 27.3. The van der Waals surface area contributed by atoms with Crippen molar-refractivity contribution in [2.75, 3.05) is 6.61 Å². The van der Waals surface area contributed by atoms with E-state index in [9.17, 15) is 9.59 Å². The van der Waals surface area contributed by atoms with Crippen LogP contribution in [0, 0.1) is 0 Å². The zero-order valence-electron chi connectivity index (χ0n) is 11.4. The minimum atomic E-state index is -0.605. The van der Waals surface area contributed by atoms with Gasteiger partial charge in [0.1, 0.15) is 0 Å². The van der Waals surface area contributed by atoms with E-state index >= 15 is 0 Å². The summed E-state index contributed by atoms with van der Waals surface area (Å²) < 4.78 is 5.58. The Morgan fingerprint density at radius 3 is 2.82 bits per heavy atom. The Labute approximate surface area is 140 Å². The van der Waals surface area contributed by atoms with Gasteiger partial charge >= 0.3 is 5.97 Å². The van der Waals surface area contributed by atoms with Gasteiger partial charge in [0.25, 0.3) is 5.91 Å². The number of rotatable bonds is 5. The minimum Gasteiger partial charge on any atom is -0.452 e. The van der Waals surface area contributed by atoms with Crippen LogP contribution < -0.4 is 5.32 Å². The second-order valence-corrected chi connectivity index (χ2v) is 5.73. The molecule has 0 saturated heterocycles. The highest BCUT2D eigenvalue weighted by molar-refractivity contribution is 9.10. The van der Waals surface area contributed by atoms with E-state index in [-0.39, 0.29) is 12.2 Å². The van der Waals surface area contributed by atoms with Crippen LogP contribution in [0.15, 0.2) is 47.2 Å². The van der Waals surface area contributed by atoms with Crippen molar-refractivity contribution in [2.45, 2.75) is 6.54 Å². The number of benzene rings is 1. The fourth-order valence-electron chi connectivity index (χ4n) is 1.64. The maximum absolute atomic E-state index is 11.7. The van der Waals surface area contributed by atoms with Crippen LogP contribution in [-0.2, 0) is 16.1 Å². The van der Waals surface area contributed by atoms with Crippen molar-refractivity contribution >= 4 is 39.4 Å². The Bertz CT molecular complexity index is 694. The predicted octanol–water partition coefficient (Wildman–Crippen LogP) is 2.97. The van der Waals surface area contributed by atoms with Crippen molar-refractivity contribution in [2.24, 2.45) is 0 Å². The van der Waals surface area contributed by atoms with Gasteiger partial charge in [-0.3, -0.25) is 9.78 Å². The molecule has 7 heteroatoms. The molecule has 0 spiro atoms. The number of nitrogens with one attached hydrogen (secondary N) is 1. The molecule has 0 atom stereocenters. The number of carbonyl (C=O) groups is 2. The Balaban J connectivity index is 1.79. The van der Waals surface area contributed by atoms with E-state index < -0.39 is 11.9 Å². The number of esters is 1. The van der Waals surface area contributed by atoms with Gasteiger partial charge < -0.3 is 10.1 Å². The van der Waals surface area contributed by atoms with Gasteiger partial charge in [-0.25, -0.2) is 4.79 Å². The van der Waals surface area contributed by atoms with Crippen molar-refractivity contribution in [3.63, 3.8) is 0 Å². The molecule has 0 unspecified atom stereocenters. The highest BCUT2D eigenvalue weighted by atomic mass is 79.9. The van der Waals surface area contributed by atoms with Gasteiger partial charge in [0.2, 0.25) is 0 Å². The lowest BCUT2D eigenvalue weighted by atomic mass is 10.2. The number of hydrogen-bond acceptors (Lipinski definition) is 4. The Morgan fingerprint density at radius 2 is 2.09 bits per heavy atom. The molecule has 1 aromatic heterocycles. The van der Waals surface area contributed by atoms with Gasteiger partial charge in [-0.05, 0) is 39.7 Å². The molecule has 2 rings (SSSR count). The first kappa shape index (κ1) is 16.5. The van der Waals surface area contributed by atoms with Crippen LogP contribution in [-0.4, -0.2) is 23.5 Å². The predicted molar refractivity (Wildman–Crippen MR) is 85.5 cm³/mol. The molecule has 0 aliphatic carbocycles. The number of pyridine rings is 1. The lowest BCUT2D eigenvalue weighted by Gasteiger charge is -2.07. The fourth-order valence-corrected chi connectivity index (χ4v) is 2.21. The highest BCUT2D eigenvalue weighted by Gasteiger charge is 2.10. The normalized spacial score (nSPS) is 10.1. The van der Waals surface area contributed by atoms with E-state index in [4.69, 9.17) is 16.3 Å². The average Bonchev–Trinajstić information content (AvgIpc) is 2.50. The first-order valence-corrected chi connectivity index (χ1v) is 7.50. The molecule has 1 aromatic carbocycles. The van der Waals surface area contributed by atoms with E-state index in [1.165, 1.54) is 6.20 Å². The third kappa shape index (κ3) is 5.13. The lowest BCUT2D eigenvalue weighted by molar-refractivity contribution is -0.124. The quantitative estimate of drug-likeness (QED) is 0.806. The summed E-state index contributed by atoms with van der Waals surface area (Å²) in [5.74, 6) is -0.997. The molecule has 114 valence electrons. The topological polar surface area (TPSA) is 68.3 Å². The molecular formula is C15H12BrClN2O3. The van der Waals surface area contributed by atoms with Crippen LogP contribution in [0.25, 0.3) is 0 Å². The SMILES string of the molecule is O=C(COC(=O)c1cncc(Br)c1)NCc1cccc(Cl)c1. The zero-order valence-corrected chi connectivity index (χ0v) is 13.7. The molecule has 1 amide bonds. The molecule has 22 heavy (non-hydrogen) atoms. The van der Waals surface area contributed by atoms with Crippen LogP contribution in [0.1, 0.15) is 15.9 Å². The van der Waals surface area contributed by atoms with Gasteiger partial charge in [-0.2, -0.15) is 0 Å². The number of aromatic nitrogens is 1. The number of carbonyl (C=O) groups excluding carboxylic acids is 2. The summed E-state index contributed by atoms with van der Waals surface area (Å²) in [6.45, 7) is -0.0404. The molecule has 0 radical (unpaired) electrons. The van der Waals surface area contributed by atoms with Crippen LogP contribution >= 0.6 is 27.5 Å². The Hall–Kier alpha value is -1.92. The molecule has 0 bridgehead atoms. The van der Waals surface area contributed by atoms with E-state index in [0.717, 1.165) is 5.56 Å². The smallest absolute Gasteiger partial charge is 0.340 e. The van der Waals surface area contributed by atoms with Gasteiger partial charge in [-0.15, -0.1) is 0 Å². The Morgan fingerprint density at radius 1 is 1.27 bits per heavy atom. The standard InChI is InChI=1S/C15H12BrClN2O3/c16-12-5-11(7-18-8-12)15(21)22-9-14(20)19-6-10-2-1-3-13(17)4-10/h1-5,7-8H,6,9H2,(H,19,20). The van der Waals surface area contributed by atoms with Crippen molar-refractivity contribution < 1.29 is 14.3 Å². The van der Waals surface area contributed by atoms with Gasteiger partial charge in [-0.1, -0.05) is 23.7 Å². The lowest BCUT2D eigenvalue weighted by Crippen LogP contribution is -2.28. The van der Waals surface area contributed by atoms with E-state index in [1.807, 2.05) is 6.07 Å². The first-order valence-electron chi connectivity index (χ1n) is 6.33. The monoisotopic (exact) mass is 382 g/mol. The molecular weight excluding hydrogens is 372 g/mol. The van der Waals surface area contributed by atoms with Crippen molar-refractivity contribution in [1.82, 2.24) is 10.3 Å². The highest BCUT2D eigenvalue weighted by Crippen LogP contribution is 2.11. The molecule has 5 nitrogen and oxygen atoms in total. The second kappa shape index (κ2) is 7.91. The molecule has 1 heterocycles. The van der Waals surface area contributed by atoms with Crippen molar-refractivity contribution in [3.05, 3.63) is 63.3 Å². The fraction of sp³-hybridized carbons (Fsp3) is 0.133. The zero-order chi connectivity index (χ0) is 15.9. The molecule has 0 fully saturated rings. The molecule has 0 aliphatic rings. The van der Waals surface area contributed by atoms with Crippen LogP contribution in [0.2, 0.25) is 5.02 Å². The maximum Gasteiger partial charge on any atom is 0.340 e. The largest absolute Gasteiger partial charge is 0.452 e. The third-order valence-electron chi connectivity index (χ3n) is 2.65. The van der Waals surface area contributed by atoms with Crippen molar-refractivity contribution in [1.29, 1.82) is 0 Å². The third-order valence-corrected chi connectivity index (χ3v) is 3.32. The Kier molecular flexibility index (Phi) is 5.91. The summed E-state index contributed by atoms with van der Waals surface area (Å²) in [6, 6.07) is 8.70. The number of nitrogens with zero attached hydrogens (tertiary/aromatic N) is 1. The van der Waals surface area contributed by atoms with Crippen molar-refractivity contribution in [3.8, 4) is 0 Å². The summed E-state index contributed by atoms with van der Waals surface area (Å²) in [5, 5.41) is 3.24. The van der Waals surface area contributed by atoms with Crippen LogP contribution in [0.4, 0.5) is 0 Å². The van der Waals surface area contributed by atoms with Gasteiger partial charge in [0.05, 0.1) is 5.56 Å². The summed E-state index contributed by atoms with van der Waals surface area (Å²) in [5.41, 5.74) is 1.14. The molecule has 2 aromatic rings. The van der Waals surface area contributed by atoms with Crippen LogP contribution in [0.5, 0.6) is 0 Å². The van der Waals surface area contributed by atoms with Gasteiger partial charge in [0, 0.05) is 28.4 Å². The maximum atomic E-state index is 11.7. The molecule has 0 saturated carbocycles. The van der Waals surface area contributed by atoms with E-state index in [2.05, 4.69) is 26.2 Å². The molecule has 1 N–H and O–H groups in total. The number of hydrogen-bond donors (Lipinski definition) is 1. The van der Waals surface area contributed by atoms with Crippen LogP contribution in [0.3, 0.4) is 0 Å². The minimum absolute atomic E-state index is 0.275. The summed E-state index contributed by atoms with van der Waals surface area (Å²) >= 11 is 9.06.